The molecule has 1 saturated carbocycles. The number of fused-ring (bicyclic) bond motifs is 1. The number of nitrogens with zero attached hydrogens (tertiary/aromatic N) is 4. The summed E-state index contributed by atoms with van der Waals surface area (Å²) in [5.74, 6) is 0.762. The smallest absolute Gasteiger partial charge is 0.350 e. The van der Waals surface area contributed by atoms with Crippen molar-refractivity contribution >= 4 is 30.5 Å². The van der Waals surface area contributed by atoms with Crippen molar-refractivity contribution < 1.29 is 19.1 Å². The van der Waals surface area contributed by atoms with Gasteiger partial charge < -0.3 is 30.1 Å². The minimum atomic E-state index is -4.18. The van der Waals surface area contributed by atoms with Crippen molar-refractivity contribution in [2.75, 3.05) is 24.0 Å². The first-order valence-electron chi connectivity index (χ1n) is 7.35. The van der Waals surface area contributed by atoms with Gasteiger partial charge in [0.2, 0.25) is 5.95 Å². The summed E-state index contributed by atoms with van der Waals surface area (Å²) in [5.41, 5.74) is 7.59. The van der Waals surface area contributed by atoms with E-state index < -0.39 is 13.9 Å². The van der Waals surface area contributed by atoms with Crippen molar-refractivity contribution in [3.05, 3.63) is 18.5 Å². The SMILES string of the molecule is C=C(COCP(=O)(O)O)Cn1cnc2c(NC3CC3)nc(N)nc21. The van der Waals surface area contributed by atoms with Crippen LogP contribution in [0.3, 0.4) is 0 Å². The van der Waals surface area contributed by atoms with E-state index in [9.17, 15) is 4.57 Å². The standard InChI is InChI=1S/C13H19N6O4P/c1-8(5-23-7-24(20,21)22)4-19-6-15-10-11(16-9-2-3-9)17-13(14)18-12(10)19/h6,9H,1-5,7H2,(H2,20,21,22)(H3,14,16,17,18). The lowest BCUT2D eigenvalue weighted by atomic mass is 10.3. The number of aromatic nitrogens is 4. The molecule has 0 atom stereocenters. The van der Waals surface area contributed by atoms with Gasteiger partial charge in [-0.1, -0.05) is 6.58 Å². The molecule has 0 radical (unpaired) electrons. The van der Waals surface area contributed by atoms with Gasteiger partial charge in [0.25, 0.3) is 0 Å². The maximum atomic E-state index is 10.8. The predicted molar refractivity (Wildman–Crippen MR) is 88.4 cm³/mol. The van der Waals surface area contributed by atoms with Crippen LogP contribution in [0, 0.1) is 0 Å². The summed E-state index contributed by atoms with van der Waals surface area (Å²) < 4.78 is 17.5. The van der Waals surface area contributed by atoms with Crippen LogP contribution in [0.15, 0.2) is 18.5 Å². The molecule has 2 aromatic heterocycles. The fourth-order valence-electron chi connectivity index (χ4n) is 2.19. The van der Waals surface area contributed by atoms with Crippen LogP contribution < -0.4 is 11.1 Å². The largest absolute Gasteiger partial charge is 0.368 e. The number of nitrogens with two attached hydrogens (primary N) is 1. The molecule has 2 aromatic rings. The number of nitrogens with one attached hydrogen (secondary N) is 1. The number of hydrogen-bond acceptors (Lipinski definition) is 7. The molecule has 0 saturated heterocycles. The Morgan fingerprint density at radius 1 is 1.50 bits per heavy atom. The molecule has 0 spiro atoms. The van der Waals surface area contributed by atoms with E-state index in [1.807, 2.05) is 0 Å². The van der Waals surface area contributed by atoms with Crippen molar-refractivity contribution in [2.24, 2.45) is 0 Å². The van der Waals surface area contributed by atoms with Gasteiger partial charge in [0.15, 0.2) is 17.0 Å². The van der Waals surface area contributed by atoms with Crippen LogP contribution in [-0.2, 0) is 15.8 Å². The summed E-state index contributed by atoms with van der Waals surface area (Å²) in [7, 11) is -4.18. The lowest BCUT2D eigenvalue weighted by Crippen LogP contribution is -2.09. The zero-order valence-corrected chi connectivity index (χ0v) is 13.8. The Bertz CT molecular complexity index is 812. The van der Waals surface area contributed by atoms with E-state index in [1.54, 1.807) is 10.9 Å². The maximum Gasteiger partial charge on any atom is 0.350 e. The number of anilines is 2. The highest BCUT2D eigenvalue weighted by molar-refractivity contribution is 7.51. The van der Waals surface area contributed by atoms with Gasteiger partial charge in [-0.3, -0.25) is 4.57 Å². The molecule has 0 amide bonds. The Kier molecular flexibility index (Phi) is 4.55. The van der Waals surface area contributed by atoms with Crippen molar-refractivity contribution in [2.45, 2.75) is 25.4 Å². The zero-order valence-electron chi connectivity index (χ0n) is 12.9. The van der Waals surface area contributed by atoms with Gasteiger partial charge in [0.1, 0.15) is 6.35 Å². The lowest BCUT2D eigenvalue weighted by Gasteiger charge is -2.10. The van der Waals surface area contributed by atoms with Gasteiger partial charge >= 0.3 is 7.60 Å². The van der Waals surface area contributed by atoms with Crippen molar-refractivity contribution in [1.82, 2.24) is 19.5 Å². The van der Waals surface area contributed by atoms with Crippen LogP contribution in [-0.4, -0.2) is 48.3 Å². The molecular formula is C13H19N6O4P. The molecule has 0 bridgehead atoms. The van der Waals surface area contributed by atoms with Crippen LogP contribution in [0.25, 0.3) is 11.2 Å². The van der Waals surface area contributed by atoms with Crippen LogP contribution in [0.4, 0.5) is 11.8 Å². The Balaban J connectivity index is 1.71. The monoisotopic (exact) mass is 354 g/mol. The van der Waals surface area contributed by atoms with E-state index in [-0.39, 0.29) is 12.6 Å². The van der Waals surface area contributed by atoms with E-state index in [4.69, 9.17) is 20.3 Å². The fraction of sp³-hybridized carbons (Fsp3) is 0.462. The lowest BCUT2D eigenvalue weighted by molar-refractivity contribution is 0.176. The Hall–Kier alpha value is -2.00. The molecule has 1 fully saturated rings. The van der Waals surface area contributed by atoms with E-state index in [1.165, 1.54) is 0 Å². The maximum absolute atomic E-state index is 10.8. The Morgan fingerprint density at radius 3 is 2.92 bits per heavy atom. The molecule has 0 aliphatic heterocycles. The first kappa shape index (κ1) is 16.8. The van der Waals surface area contributed by atoms with Crippen molar-refractivity contribution in [3.63, 3.8) is 0 Å². The van der Waals surface area contributed by atoms with E-state index in [2.05, 4.69) is 26.8 Å². The highest BCUT2D eigenvalue weighted by Gasteiger charge is 2.24. The summed E-state index contributed by atoms with van der Waals surface area (Å²) >= 11 is 0. The quantitative estimate of drug-likeness (QED) is 0.397. The van der Waals surface area contributed by atoms with Crippen molar-refractivity contribution in [3.8, 4) is 0 Å². The number of imidazole rings is 1. The van der Waals surface area contributed by atoms with E-state index in [0.29, 0.717) is 35.1 Å². The third kappa shape index (κ3) is 4.30. The number of ether oxygens (including phenoxy) is 1. The molecule has 1 aliphatic carbocycles. The summed E-state index contributed by atoms with van der Waals surface area (Å²) in [5, 5.41) is 3.28. The third-order valence-electron chi connectivity index (χ3n) is 3.36. The molecule has 0 aromatic carbocycles. The van der Waals surface area contributed by atoms with Gasteiger partial charge in [-0.15, -0.1) is 0 Å². The average molecular weight is 354 g/mol. The molecule has 24 heavy (non-hydrogen) atoms. The summed E-state index contributed by atoms with van der Waals surface area (Å²) in [6, 6.07) is 0.406. The fourth-order valence-corrected chi connectivity index (χ4v) is 2.52. The second-order valence-corrected chi connectivity index (χ2v) is 7.37. The molecule has 3 rings (SSSR count). The zero-order chi connectivity index (χ0) is 17.3. The van der Waals surface area contributed by atoms with Crippen molar-refractivity contribution in [1.29, 1.82) is 0 Å². The van der Waals surface area contributed by atoms with Gasteiger partial charge in [-0.25, -0.2) is 4.98 Å². The number of nitrogen functional groups attached to an aromatic ring is 1. The van der Waals surface area contributed by atoms with Crippen LogP contribution in [0.5, 0.6) is 0 Å². The normalized spacial score (nSPS) is 14.9. The molecule has 11 heteroatoms. The first-order valence-corrected chi connectivity index (χ1v) is 9.15. The second kappa shape index (κ2) is 6.48. The molecule has 5 N–H and O–H groups in total. The topological polar surface area (TPSA) is 148 Å². The van der Waals surface area contributed by atoms with E-state index in [0.717, 1.165) is 12.8 Å². The molecule has 1 aliphatic rings. The molecular weight excluding hydrogens is 335 g/mol. The second-order valence-electron chi connectivity index (χ2n) is 5.79. The molecule has 2 heterocycles. The van der Waals surface area contributed by atoms with Gasteiger partial charge in [-0.2, -0.15) is 9.97 Å². The number of hydrogen-bond donors (Lipinski definition) is 4. The Morgan fingerprint density at radius 2 is 2.25 bits per heavy atom. The average Bonchev–Trinajstić information content (AvgIpc) is 3.19. The molecule has 130 valence electrons. The van der Waals surface area contributed by atoms with Gasteiger partial charge in [-0.05, 0) is 18.4 Å². The summed E-state index contributed by atoms with van der Waals surface area (Å²) in [6.07, 6.45) is 3.16. The Labute approximate surface area is 137 Å². The first-order chi connectivity index (χ1) is 11.3. The summed E-state index contributed by atoms with van der Waals surface area (Å²) in [4.78, 5) is 30.3. The predicted octanol–water partition coefficient (Wildman–Crippen LogP) is 0.691. The third-order valence-corrected chi connectivity index (χ3v) is 3.88. The van der Waals surface area contributed by atoms with Crippen LogP contribution >= 0.6 is 7.60 Å². The number of rotatable bonds is 8. The minimum absolute atomic E-state index is 0.0263. The van der Waals surface area contributed by atoms with Crippen LogP contribution in [0.2, 0.25) is 0 Å². The summed E-state index contributed by atoms with van der Waals surface area (Å²) in [6.45, 7) is 4.21. The molecule has 10 nitrogen and oxygen atoms in total. The highest BCUT2D eigenvalue weighted by Crippen LogP contribution is 2.34. The van der Waals surface area contributed by atoms with Crippen LogP contribution in [0.1, 0.15) is 12.8 Å². The minimum Gasteiger partial charge on any atom is -0.368 e. The van der Waals surface area contributed by atoms with E-state index >= 15 is 0 Å². The molecule has 0 unspecified atom stereocenters. The van der Waals surface area contributed by atoms with Gasteiger partial charge in [0, 0.05) is 12.6 Å². The van der Waals surface area contributed by atoms with Gasteiger partial charge in [0.05, 0.1) is 12.9 Å². The highest BCUT2D eigenvalue weighted by atomic mass is 31.2.